The second-order valence-electron chi connectivity index (χ2n) is 7.28. The van der Waals surface area contributed by atoms with E-state index in [1.54, 1.807) is 0 Å². The molecule has 8 heteroatoms. The molecule has 0 fully saturated rings. The average molecular weight is 364 g/mol. The molecule has 27 heavy (non-hydrogen) atoms. The van der Waals surface area contributed by atoms with Crippen LogP contribution in [0.1, 0.15) is 38.3 Å². The van der Waals surface area contributed by atoms with Crippen LogP contribution in [0.25, 0.3) is 27.2 Å². The molecule has 1 aromatic heterocycles. The lowest BCUT2D eigenvalue weighted by Crippen LogP contribution is -2.14. The van der Waals surface area contributed by atoms with Gasteiger partial charge < -0.3 is 5.11 Å². The van der Waals surface area contributed by atoms with Crippen LogP contribution in [-0.4, -0.2) is 26.0 Å². The second-order valence-corrected chi connectivity index (χ2v) is 7.28. The van der Waals surface area contributed by atoms with Gasteiger partial charge in [0.25, 0.3) is 0 Å². The molecule has 3 rings (SSSR count). The third kappa shape index (κ3) is 3.75. The first-order valence-corrected chi connectivity index (χ1v) is 8.57. The van der Waals surface area contributed by atoms with Crippen LogP contribution in [0.4, 0.5) is 0 Å². The van der Waals surface area contributed by atoms with Crippen molar-refractivity contribution in [1.29, 1.82) is 0 Å². The smallest absolute Gasteiger partial charge is 0.219 e. The molecule has 0 saturated carbocycles. The van der Waals surface area contributed by atoms with Crippen LogP contribution in [0, 0.1) is 0 Å². The summed E-state index contributed by atoms with van der Waals surface area (Å²) in [7, 11) is 0. The number of benzene rings is 2. The Bertz CT molecular complexity index is 1020. The number of carbonyl (C=O) groups is 1. The molecule has 1 heterocycles. The molecule has 0 spiro atoms. The Hall–Kier alpha value is -3.38. The number of phenolic OH excluding ortho intramolecular Hbond substituents is 1. The van der Waals surface area contributed by atoms with Crippen LogP contribution in [0.15, 0.2) is 41.5 Å². The molecule has 0 aliphatic heterocycles. The first-order chi connectivity index (χ1) is 12.8. The molecule has 8 nitrogen and oxygen atoms in total. The third-order valence-electron chi connectivity index (χ3n) is 4.29. The number of aromatic nitrogens is 3. The highest BCUT2D eigenvalue weighted by Gasteiger charge is 2.24. The predicted molar refractivity (Wildman–Crippen MR) is 102 cm³/mol. The minimum Gasteiger partial charge on any atom is -0.505 e. The molecule has 1 N–H and O–H groups in total. The minimum atomic E-state index is -0.554. The number of hydrogen-bond donors (Lipinski definition) is 1. The zero-order valence-electron chi connectivity index (χ0n) is 15.4. The molecule has 0 radical (unpaired) electrons. The van der Waals surface area contributed by atoms with Gasteiger partial charge in [-0.2, -0.15) is 0 Å². The number of aromatic hydroxyl groups is 1. The number of aryl methyl sites for hydroxylation is 1. The van der Waals surface area contributed by atoms with E-state index in [4.69, 9.17) is 5.53 Å². The number of carbonyl (C=O) groups excluding carboxylic acids is 1. The maximum Gasteiger partial charge on any atom is 0.219 e. The van der Waals surface area contributed by atoms with Crippen molar-refractivity contribution >= 4 is 16.9 Å². The fraction of sp³-hybridized carbons (Fsp3) is 0.316. The van der Waals surface area contributed by atoms with Crippen molar-refractivity contribution in [3.63, 3.8) is 0 Å². The molecule has 0 aliphatic rings. The zero-order chi connectivity index (χ0) is 19.6. The van der Waals surface area contributed by atoms with E-state index in [0.717, 1.165) is 5.56 Å². The number of phenols is 1. The predicted octanol–water partition coefficient (Wildman–Crippen LogP) is 4.19. The lowest BCUT2D eigenvalue weighted by atomic mass is 9.85. The average Bonchev–Trinajstić information content (AvgIpc) is 3.02. The summed E-state index contributed by atoms with van der Waals surface area (Å²) in [5.41, 5.74) is 11.4. The first kappa shape index (κ1) is 18.4. The molecule has 0 unspecified atom stereocenters. The van der Waals surface area contributed by atoms with E-state index in [9.17, 15) is 9.90 Å². The van der Waals surface area contributed by atoms with Crippen molar-refractivity contribution < 1.29 is 9.90 Å². The number of rotatable bonds is 4. The molecule has 0 bridgehead atoms. The van der Waals surface area contributed by atoms with Crippen LogP contribution in [-0.2, 0) is 16.6 Å². The van der Waals surface area contributed by atoms with Crippen LogP contribution in [0.2, 0.25) is 0 Å². The first-order valence-electron chi connectivity index (χ1n) is 8.57. The molecule has 3 aromatic rings. The summed E-state index contributed by atoms with van der Waals surface area (Å²) in [6.07, 6.45) is 0.329. The van der Waals surface area contributed by atoms with Crippen molar-refractivity contribution in [2.75, 3.05) is 0 Å². The summed E-state index contributed by atoms with van der Waals surface area (Å²) in [4.78, 5) is 15.5. The van der Waals surface area contributed by atoms with Gasteiger partial charge in [-0.05, 0) is 40.2 Å². The highest BCUT2D eigenvalue weighted by molar-refractivity contribution is 5.77. The van der Waals surface area contributed by atoms with E-state index < -0.39 is 5.91 Å². The fourth-order valence-corrected chi connectivity index (χ4v) is 2.95. The molecule has 0 atom stereocenters. The van der Waals surface area contributed by atoms with Crippen molar-refractivity contribution in [1.82, 2.24) is 15.0 Å². The van der Waals surface area contributed by atoms with E-state index in [1.165, 1.54) is 4.80 Å². The summed E-state index contributed by atoms with van der Waals surface area (Å²) in [5, 5.41) is 23.0. The van der Waals surface area contributed by atoms with Gasteiger partial charge in [0.05, 0.1) is 0 Å². The normalized spacial score (nSPS) is 11.4. The number of amides is 1. The highest BCUT2D eigenvalue weighted by Crippen LogP contribution is 2.37. The Morgan fingerprint density at radius 1 is 1.19 bits per heavy atom. The molecular weight excluding hydrogens is 344 g/mol. The second kappa shape index (κ2) is 7.09. The van der Waals surface area contributed by atoms with E-state index in [-0.39, 0.29) is 17.6 Å². The Balaban J connectivity index is 2.14. The van der Waals surface area contributed by atoms with Crippen molar-refractivity contribution in [2.45, 2.75) is 39.0 Å². The van der Waals surface area contributed by atoms with Crippen molar-refractivity contribution in [3.8, 4) is 11.4 Å². The topological polar surface area (TPSA) is 117 Å². The number of hydrogen-bond acceptors (Lipinski definition) is 4. The SMILES string of the molecule is CC(C)(C)c1ccc(CCC(=O)N=[N+]=[N-])c(-n2nc3ccccc3n2)c1O. The molecule has 2 aromatic carbocycles. The van der Waals surface area contributed by atoms with Gasteiger partial charge in [0, 0.05) is 16.9 Å². The third-order valence-corrected chi connectivity index (χ3v) is 4.29. The van der Waals surface area contributed by atoms with Gasteiger partial charge in [0.15, 0.2) is 0 Å². The van der Waals surface area contributed by atoms with Crippen LogP contribution >= 0.6 is 0 Å². The maximum atomic E-state index is 11.6. The summed E-state index contributed by atoms with van der Waals surface area (Å²) >= 11 is 0. The van der Waals surface area contributed by atoms with Gasteiger partial charge in [-0.25, -0.2) is 0 Å². The molecule has 138 valence electrons. The molecular formula is C19H20N6O2. The zero-order valence-corrected chi connectivity index (χ0v) is 15.4. The quantitative estimate of drug-likeness (QED) is 0.424. The number of fused-ring (bicyclic) bond motifs is 1. The maximum absolute atomic E-state index is 11.6. The van der Waals surface area contributed by atoms with Gasteiger partial charge >= 0.3 is 0 Å². The summed E-state index contributed by atoms with van der Waals surface area (Å²) in [6.45, 7) is 6.01. The minimum absolute atomic E-state index is 0.0339. The molecule has 0 saturated heterocycles. The van der Waals surface area contributed by atoms with E-state index in [2.05, 4.69) is 20.2 Å². The molecule has 1 amide bonds. The Morgan fingerprint density at radius 2 is 1.81 bits per heavy atom. The Morgan fingerprint density at radius 3 is 2.37 bits per heavy atom. The van der Waals surface area contributed by atoms with Gasteiger partial charge in [-0.1, -0.05) is 45.0 Å². The van der Waals surface area contributed by atoms with Crippen LogP contribution in [0.5, 0.6) is 5.75 Å². The van der Waals surface area contributed by atoms with Crippen molar-refractivity contribution in [3.05, 3.63) is 58.0 Å². The number of azide groups is 1. The van der Waals surface area contributed by atoms with Gasteiger partial charge in [0.1, 0.15) is 22.5 Å². The largest absolute Gasteiger partial charge is 0.505 e. The summed E-state index contributed by atoms with van der Waals surface area (Å²) in [5.74, 6) is -0.474. The van der Waals surface area contributed by atoms with Crippen LogP contribution < -0.4 is 0 Å². The van der Waals surface area contributed by atoms with E-state index >= 15 is 0 Å². The standard InChI is InChI=1S/C19H20N6O2/c1-19(2,3)13-10-8-12(9-11-16(26)21-24-20)17(18(13)27)25-22-14-6-4-5-7-15(14)23-25/h4-8,10,27H,9,11H2,1-3H3. The Labute approximate surface area is 156 Å². The summed E-state index contributed by atoms with van der Waals surface area (Å²) < 4.78 is 0. The van der Waals surface area contributed by atoms with E-state index in [1.807, 2.05) is 57.2 Å². The highest BCUT2D eigenvalue weighted by atomic mass is 16.3. The van der Waals surface area contributed by atoms with Gasteiger partial charge in [0.2, 0.25) is 5.91 Å². The van der Waals surface area contributed by atoms with Crippen LogP contribution in [0.3, 0.4) is 0 Å². The molecule has 0 aliphatic carbocycles. The summed E-state index contributed by atoms with van der Waals surface area (Å²) in [6, 6.07) is 11.1. The van der Waals surface area contributed by atoms with Gasteiger partial charge in [-0.3, -0.25) is 4.79 Å². The lowest BCUT2D eigenvalue weighted by molar-refractivity contribution is -0.117. The van der Waals surface area contributed by atoms with E-state index in [0.29, 0.717) is 28.7 Å². The Kier molecular flexibility index (Phi) is 4.83. The van der Waals surface area contributed by atoms with Crippen molar-refractivity contribution in [2.24, 2.45) is 5.11 Å². The van der Waals surface area contributed by atoms with Gasteiger partial charge in [-0.15, -0.1) is 15.0 Å². The number of nitrogens with zero attached hydrogens (tertiary/aromatic N) is 6. The lowest BCUT2D eigenvalue weighted by Gasteiger charge is -2.23. The monoisotopic (exact) mass is 364 g/mol. The fourth-order valence-electron chi connectivity index (χ4n) is 2.95.